The maximum absolute atomic E-state index is 12.6. The van der Waals surface area contributed by atoms with Gasteiger partial charge in [-0.1, -0.05) is 0 Å². The highest BCUT2D eigenvalue weighted by Crippen LogP contribution is 2.38. The number of benzene rings is 2. The fraction of sp³-hybridized carbons (Fsp3) is 0.241. The van der Waals surface area contributed by atoms with Gasteiger partial charge in [-0.2, -0.15) is 0 Å². The molecule has 2 heterocycles. The number of fused-ring (bicyclic) bond motifs is 2. The lowest BCUT2D eigenvalue weighted by Gasteiger charge is -2.22. The van der Waals surface area contributed by atoms with E-state index in [-0.39, 0.29) is 18.3 Å². The molecule has 1 aliphatic carbocycles. The number of ether oxygens (including phenoxy) is 2. The van der Waals surface area contributed by atoms with Gasteiger partial charge in [0.05, 0.1) is 25.4 Å². The minimum Gasteiger partial charge on any atom is -0.493 e. The summed E-state index contributed by atoms with van der Waals surface area (Å²) in [6.45, 7) is 1.87. The Morgan fingerprint density at radius 1 is 0.973 bits per heavy atom. The number of furan rings is 1. The number of nitrogens with zero attached hydrogens (tertiary/aromatic N) is 1. The van der Waals surface area contributed by atoms with Crippen LogP contribution in [0.15, 0.2) is 59.0 Å². The van der Waals surface area contributed by atoms with Gasteiger partial charge >= 0.3 is 0 Å². The average Bonchev–Trinajstić information content (AvgIpc) is 3.32. The smallest absolute Gasteiger partial charge is 0.248 e. The summed E-state index contributed by atoms with van der Waals surface area (Å²) in [6.07, 6.45) is 7.30. The molecule has 1 aliphatic rings. The van der Waals surface area contributed by atoms with Crippen LogP contribution in [0.3, 0.4) is 0 Å². The molecule has 8 heteroatoms. The SMILES string of the molecule is COc1ccc(Nc2c3c(nc4ccc(NC(=O)C=Cc5ccc(C)o5)cc24)CCCC3)cc1OC.Cl. The normalized spacial score (nSPS) is 12.6. The summed E-state index contributed by atoms with van der Waals surface area (Å²) in [5.41, 5.74) is 5.84. The number of rotatable bonds is 7. The third kappa shape index (κ3) is 5.73. The molecule has 7 nitrogen and oxygen atoms in total. The van der Waals surface area contributed by atoms with Gasteiger partial charge < -0.3 is 24.5 Å². The van der Waals surface area contributed by atoms with Crippen LogP contribution in [0.1, 0.15) is 35.6 Å². The Morgan fingerprint density at radius 3 is 2.51 bits per heavy atom. The van der Waals surface area contributed by atoms with Gasteiger partial charge in [0.1, 0.15) is 11.5 Å². The molecule has 192 valence electrons. The van der Waals surface area contributed by atoms with E-state index in [4.69, 9.17) is 18.9 Å². The van der Waals surface area contributed by atoms with Crippen LogP contribution >= 0.6 is 12.4 Å². The molecule has 2 N–H and O–H groups in total. The lowest BCUT2D eigenvalue weighted by atomic mass is 9.92. The van der Waals surface area contributed by atoms with Gasteiger partial charge in [-0.25, -0.2) is 0 Å². The van der Waals surface area contributed by atoms with Crippen molar-refractivity contribution < 1.29 is 18.7 Å². The van der Waals surface area contributed by atoms with Gasteiger partial charge in [0.15, 0.2) is 11.5 Å². The van der Waals surface area contributed by atoms with Crippen molar-refractivity contribution in [3.05, 3.63) is 77.4 Å². The maximum atomic E-state index is 12.6. The van der Waals surface area contributed by atoms with Crippen LogP contribution < -0.4 is 20.1 Å². The molecule has 0 bridgehead atoms. The van der Waals surface area contributed by atoms with Gasteiger partial charge in [0.2, 0.25) is 5.91 Å². The number of hydrogen-bond donors (Lipinski definition) is 2. The summed E-state index contributed by atoms with van der Waals surface area (Å²) in [6, 6.07) is 15.3. The zero-order valence-electron chi connectivity index (χ0n) is 21.1. The van der Waals surface area contributed by atoms with E-state index in [2.05, 4.69) is 10.6 Å². The number of carbonyl (C=O) groups is 1. The first-order valence-electron chi connectivity index (χ1n) is 12.0. The van der Waals surface area contributed by atoms with Crippen LogP contribution in [0.2, 0.25) is 0 Å². The highest BCUT2D eigenvalue weighted by molar-refractivity contribution is 6.04. The summed E-state index contributed by atoms with van der Waals surface area (Å²) in [5.74, 6) is 2.53. The van der Waals surface area contributed by atoms with Gasteiger partial charge in [-0.3, -0.25) is 9.78 Å². The van der Waals surface area contributed by atoms with Gasteiger partial charge in [0.25, 0.3) is 0 Å². The molecular weight excluding hydrogens is 490 g/mol. The van der Waals surface area contributed by atoms with Crippen molar-refractivity contribution in [1.82, 2.24) is 4.98 Å². The number of nitrogens with one attached hydrogen (secondary N) is 2. The molecule has 5 rings (SSSR count). The monoisotopic (exact) mass is 519 g/mol. The Bertz CT molecular complexity index is 1460. The van der Waals surface area contributed by atoms with Crippen LogP contribution in [0.5, 0.6) is 11.5 Å². The average molecular weight is 520 g/mol. The Morgan fingerprint density at radius 2 is 1.76 bits per heavy atom. The van der Waals surface area contributed by atoms with Gasteiger partial charge in [0, 0.05) is 34.6 Å². The molecule has 4 aromatic rings. The lowest BCUT2D eigenvalue weighted by Crippen LogP contribution is -2.11. The van der Waals surface area contributed by atoms with E-state index in [0.717, 1.165) is 59.4 Å². The summed E-state index contributed by atoms with van der Waals surface area (Å²) in [5, 5.41) is 7.52. The molecule has 1 amide bonds. The van der Waals surface area contributed by atoms with Crippen molar-refractivity contribution in [3.8, 4) is 11.5 Å². The fourth-order valence-electron chi connectivity index (χ4n) is 4.59. The third-order valence-corrected chi connectivity index (χ3v) is 6.34. The first kappa shape index (κ1) is 26.1. The Balaban J connectivity index is 0.00000320. The van der Waals surface area contributed by atoms with Crippen LogP contribution in [0.4, 0.5) is 17.1 Å². The van der Waals surface area contributed by atoms with Crippen molar-refractivity contribution >= 4 is 52.4 Å². The second-order valence-corrected chi connectivity index (χ2v) is 8.82. The number of hydrogen-bond acceptors (Lipinski definition) is 6. The van der Waals surface area contributed by atoms with E-state index < -0.39 is 0 Å². The number of aryl methyl sites for hydroxylation is 2. The summed E-state index contributed by atoms with van der Waals surface area (Å²) in [4.78, 5) is 17.5. The highest BCUT2D eigenvalue weighted by atomic mass is 35.5. The molecule has 2 aromatic heterocycles. The molecule has 37 heavy (non-hydrogen) atoms. The van der Waals surface area contributed by atoms with Crippen molar-refractivity contribution in [3.63, 3.8) is 0 Å². The second kappa shape index (κ2) is 11.4. The van der Waals surface area contributed by atoms with Crippen LogP contribution in [0, 0.1) is 6.92 Å². The van der Waals surface area contributed by atoms with E-state index in [1.54, 1.807) is 20.3 Å². The number of carbonyl (C=O) groups excluding carboxylic acids is 1. The van der Waals surface area contributed by atoms with E-state index in [1.165, 1.54) is 11.6 Å². The van der Waals surface area contributed by atoms with Crippen LogP contribution in [-0.2, 0) is 17.6 Å². The van der Waals surface area contributed by atoms with E-state index in [9.17, 15) is 4.79 Å². The molecule has 0 spiro atoms. The van der Waals surface area contributed by atoms with Crippen molar-refractivity contribution in [2.75, 3.05) is 24.9 Å². The van der Waals surface area contributed by atoms with E-state index in [0.29, 0.717) is 22.9 Å². The first-order valence-corrected chi connectivity index (χ1v) is 12.0. The Labute approximate surface area is 222 Å². The fourth-order valence-corrected chi connectivity index (χ4v) is 4.59. The minimum absolute atomic E-state index is 0. The predicted octanol–water partition coefficient (Wildman–Crippen LogP) is 6.85. The molecule has 0 fully saturated rings. The zero-order valence-corrected chi connectivity index (χ0v) is 21.9. The minimum atomic E-state index is -0.233. The number of anilines is 3. The lowest BCUT2D eigenvalue weighted by molar-refractivity contribution is -0.111. The number of halogens is 1. The summed E-state index contributed by atoms with van der Waals surface area (Å²) in [7, 11) is 3.25. The van der Waals surface area contributed by atoms with Gasteiger partial charge in [-0.15, -0.1) is 12.4 Å². The zero-order chi connectivity index (χ0) is 25.1. The Hall–Kier alpha value is -3.97. The van der Waals surface area contributed by atoms with E-state index in [1.807, 2.05) is 55.5 Å². The Kier molecular flexibility index (Phi) is 8.04. The quantitative estimate of drug-likeness (QED) is 0.260. The number of methoxy groups -OCH3 is 2. The van der Waals surface area contributed by atoms with Crippen molar-refractivity contribution in [1.29, 1.82) is 0 Å². The molecule has 0 unspecified atom stereocenters. The number of amides is 1. The molecule has 0 aliphatic heterocycles. The van der Waals surface area contributed by atoms with E-state index >= 15 is 0 Å². The maximum Gasteiger partial charge on any atom is 0.248 e. The summed E-state index contributed by atoms with van der Waals surface area (Å²) >= 11 is 0. The van der Waals surface area contributed by atoms with Crippen LogP contribution in [-0.4, -0.2) is 25.1 Å². The second-order valence-electron chi connectivity index (χ2n) is 8.82. The molecule has 0 saturated heterocycles. The van der Waals surface area contributed by atoms with Gasteiger partial charge in [-0.05, 0) is 86.7 Å². The third-order valence-electron chi connectivity index (χ3n) is 6.34. The molecule has 0 atom stereocenters. The standard InChI is InChI=1S/C29H29N3O4.ClH/c1-18-8-11-21(36-18)12-15-28(33)30-19-9-13-25-23(16-19)29(22-6-4-5-7-24(22)32-25)31-20-10-14-26(34-2)27(17-20)35-3;/h8-17H,4-7H2,1-3H3,(H,30,33)(H,31,32);1H. The molecule has 2 aromatic carbocycles. The highest BCUT2D eigenvalue weighted by Gasteiger charge is 2.19. The number of aromatic nitrogens is 1. The summed E-state index contributed by atoms with van der Waals surface area (Å²) < 4.78 is 16.4. The van der Waals surface area contributed by atoms with Crippen LogP contribution in [0.25, 0.3) is 17.0 Å². The number of pyridine rings is 1. The predicted molar refractivity (Wildman–Crippen MR) is 150 cm³/mol. The molecular formula is C29H30ClN3O4. The van der Waals surface area contributed by atoms with Crippen molar-refractivity contribution in [2.24, 2.45) is 0 Å². The molecule has 0 radical (unpaired) electrons. The molecule has 0 saturated carbocycles. The topological polar surface area (TPSA) is 85.6 Å². The van der Waals surface area contributed by atoms with Crippen molar-refractivity contribution in [2.45, 2.75) is 32.6 Å². The first-order chi connectivity index (χ1) is 17.5. The largest absolute Gasteiger partial charge is 0.493 e.